The van der Waals surface area contributed by atoms with Gasteiger partial charge in [0.1, 0.15) is 12.1 Å². The van der Waals surface area contributed by atoms with Crippen LogP contribution in [0.5, 0.6) is 5.75 Å². The Bertz CT molecular complexity index is 530. The molecule has 108 valence electrons. The third kappa shape index (κ3) is 3.74. The van der Waals surface area contributed by atoms with Crippen molar-refractivity contribution < 1.29 is 4.74 Å². The van der Waals surface area contributed by atoms with Crippen molar-refractivity contribution in [3.63, 3.8) is 0 Å². The van der Waals surface area contributed by atoms with E-state index >= 15 is 0 Å². The van der Waals surface area contributed by atoms with Crippen LogP contribution in [0.25, 0.3) is 0 Å². The van der Waals surface area contributed by atoms with Gasteiger partial charge in [0, 0.05) is 17.4 Å². The van der Waals surface area contributed by atoms with E-state index in [0.717, 1.165) is 23.2 Å². The number of aromatic nitrogens is 3. The number of ether oxygens (including phenoxy) is 1. The highest BCUT2D eigenvalue weighted by atomic mass is 32.2. The minimum atomic E-state index is 0.213. The van der Waals surface area contributed by atoms with Gasteiger partial charge in [-0.05, 0) is 19.5 Å². The number of methoxy groups -OCH3 is 1. The van der Waals surface area contributed by atoms with Crippen molar-refractivity contribution in [3.8, 4) is 5.75 Å². The lowest BCUT2D eigenvalue weighted by atomic mass is 10.0. The van der Waals surface area contributed by atoms with Gasteiger partial charge in [0.15, 0.2) is 5.16 Å². The van der Waals surface area contributed by atoms with Crippen LogP contribution < -0.4 is 10.1 Å². The minimum absolute atomic E-state index is 0.213. The molecule has 0 fully saturated rings. The van der Waals surface area contributed by atoms with Crippen molar-refractivity contribution in [3.05, 3.63) is 35.7 Å². The second-order valence-electron chi connectivity index (χ2n) is 4.46. The van der Waals surface area contributed by atoms with E-state index in [1.54, 1.807) is 18.9 Å². The van der Waals surface area contributed by atoms with Crippen molar-refractivity contribution in [1.82, 2.24) is 20.5 Å². The average Bonchev–Trinajstić information content (AvgIpc) is 2.96. The van der Waals surface area contributed by atoms with E-state index in [1.165, 1.54) is 17.5 Å². The van der Waals surface area contributed by atoms with E-state index in [4.69, 9.17) is 4.74 Å². The molecule has 6 heteroatoms. The zero-order chi connectivity index (χ0) is 14.4. The third-order valence-corrected chi connectivity index (χ3v) is 3.96. The Labute approximate surface area is 123 Å². The Balaban J connectivity index is 2.16. The van der Waals surface area contributed by atoms with Crippen LogP contribution in [0.15, 0.2) is 29.7 Å². The molecule has 2 N–H and O–H groups in total. The Hall–Kier alpha value is -1.53. The Morgan fingerprint density at radius 1 is 1.45 bits per heavy atom. The van der Waals surface area contributed by atoms with Gasteiger partial charge in [-0.25, -0.2) is 4.98 Å². The van der Waals surface area contributed by atoms with E-state index in [0.29, 0.717) is 0 Å². The van der Waals surface area contributed by atoms with Gasteiger partial charge in [0.05, 0.1) is 7.11 Å². The number of benzene rings is 1. The van der Waals surface area contributed by atoms with E-state index in [1.807, 2.05) is 6.07 Å². The van der Waals surface area contributed by atoms with Crippen LogP contribution in [0.4, 0.5) is 0 Å². The monoisotopic (exact) mass is 292 g/mol. The maximum absolute atomic E-state index is 5.48. The molecule has 0 saturated heterocycles. The van der Waals surface area contributed by atoms with Gasteiger partial charge in [-0.3, -0.25) is 5.10 Å². The summed E-state index contributed by atoms with van der Waals surface area (Å²) >= 11 is 1.65. The van der Waals surface area contributed by atoms with Gasteiger partial charge in [0.2, 0.25) is 0 Å². The first-order chi connectivity index (χ1) is 9.74. The quantitative estimate of drug-likeness (QED) is 0.768. The Kier molecular flexibility index (Phi) is 5.43. The van der Waals surface area contributed by atoms with Crippen molar-refractivity contribution in [2.75, 3.05) is 19.4 Å². The fourth-order valence-corrected chi connectivity index (χ4v) is 2.92. The molecule has 2 rings (SSSR count). The summed E-state index contributed by atoms with van der Waals surface area (Å²) in [6.07, 6.45) is 1.53. The zero-order valence-electron chi connectivity index (χ0n) is 12.0. The Morgan fingerprint density at radius 2 is 2.30 bits per heavy atom. The topological polar surface area (TPSA) is 62.8 Å². The lowest BCUT2D eigenvalue weighted by Gasteiger charge is -2.20. The first-order valence-electron chi connectivity index (χ1n) is 6.60. The molecule has 0 bridgehead atoms. The van der Waals surface area contributed by atoms with Gasteiger partial charge in [-0.1, -0.05) is 36.4 Å². The second kappa shape index (κ2) is 7.31. The zero-order valence-corrected chi connectivity index (χ0v) is 12.8. The molecule has 0 radical (unpaired) electrons. The minimum Gasteiger partial charge on any atom is -0.496 e. The predicted octanol–water partition coefficient (Wildman–Crippen LogP) is 2.56. The SMILES string of the molecule is CCNC(CSc1ncn[nH]1)c1cc(C)ccc1OC. The van der Waals surface area contributed by atoms with Crippen LogP contribution in [0.2, 0.25) is 0 Å². The molecule has 1 unspecified atom stereocenters. The van der Waals surface area contributed by atoms with Crippen LogP contribution in [0.1, 0.15) is 24.1 Å². The standard InChI is InChI=1S/C14H20N4OS/c1-4-15-12(8-20-14-16-9-17-18-14)11-7-10(2)5-6-13(11)19-3/h5-7,9,12,15H,4,8H2,1-3H3,(H,16,17,18). The van der Waals surface area contributed by atoms with Crippen LogP contribution in [0.3, 0.4) is 0 Å². The normalized spacial score (nSPS) is 12.3. The number of hydrogen-bond acceptors (Lipinski definition) is 5. The third-order valence-electron chi connectivity index (χ3n) is 2.99. The highest BCUT2D eigenvalue weighted by Crippen LogP contribution is 2.29. The van der Waals surface area contributed by atoms with Crippen molar-refractivity contribution in [2.45, 2.75) is 25.0 Å². The van der Waals surface area contributed by atoms with Crippen molar-refractivity contribution in [2.24, 2.45) is 0 Å². The number of nitrogens with zero attached hydrogens (tertiary/aromatic N) is 2. The van der Waals surface area contributed by atoms with Crippen LogP contribution in [-0.2, 0) is 0 Å². The molecule has 1 aromatic heterocycles. The largest absolute Gasteiger partial charge is 0.496 e. The van der Waals surface area contributed by atoms with E-state index in [2.05, 4.69) is 46.5 Å². The molecule has 0 amide bonds. The molecule has 0 saturated carbocycles. The number of H-pyrrole nitrogens is 1. The number of hydrogen-bond donors (Lipinski definition) is 2. The first-order valence-corrected chi connectivity index (χ1v) is 7.59. The van der Waals surface area contributed by atoms with Crippen LogP contribution in [0, 0.1) is 6.92 Å². The molecule has 0 spiro atoms. The number of aromatic amines is 1. The van der Waals surface area contributed by atoms with Crippen molar-refractivity contribution in [1.29, 1.82) is 0 Å². The summed E-state index contributed by atoms with van der Waals surface area (Å²) in [5.41, 5.74) is 2.41. The van der Waals surface area contributed by atoms with Crippen molar-refractivity contribution >= 4 is 11.8 Å². The van der Waals surface area contributed by atoms with Gasteiger partial charge >= 0.3 is 0 Å². The van der Waals surface area contributed by atoms with Gasteiger partial charge in [0.25, 0.3) is 0 Å². The van der Waals surface area contributed by atoms with E-state index in [9.17, 15) is 0 Å². The molecule has 2 aromatic rings. The van der Waals surface area contributed by atoms with Crippen LogP contribution >= 0.6 is 11.8 Å². The lowest BCUT2D eigenvalue weighted by molar-refractivity contribution is 0.403. The molecule has 0 aliphatic heterocycles. The second-order valence-corrected chi connectivity index (χ2v) is 5.47. The molecule has 1 atom stereocenters. The van der Waals surface area contributed by atoms with Gasteiger partial charge in [-0.15, -0.1) is 0 Å². The van der Waals surface area contributed by atoms with Crippen LogP contribution in [-0.4, -0.2) is 34.6 Å². The fourth-order valence-electron chi connectivity index (χ4n) is 2.06. The summed E-state index contributed by atoms with van der Waals surface area (Å²) in [5, 5.41) is 11.1. The summed E-state index contributed by atoms with van der Waals surface area (Å²) in [6.45, 7) is 5.10. The summed E-state index contributed by atoms with van der Waals surface area (Å²) in [6, 6.07) is 6.47. The lowest BCUT2D eigenvalue weighted by Crippen LogP contribution is -2.23. The van der Waals surface area contributed by atoms with E-state index < -0.39 is 0 Å². The molecular formula is C14H20N4OS. The number of nitrogens with one attached hydrogen (secondary N) is 2. The number of rotatable bonds is 7. The predicted molar refractivity (Wildman–Crippen MR) is 81.3 cm³/mol. The van der Waals surface area contributed by atoms with Gasteiger partial charge in [-0.2, -0.15) is 5.10 Å². The highest BCUT2D eigenvalue weighted by Gasteiger charge is 2.16. The molecule has 0 aliphatic rings. The molecule has 0 aliphatic carbocycles. The summed E-state index contributed by atoms with van der Waals surface area (Å²) < 4.78 is 5.48. The van der Waals surface area contributed by atoms with E-state index in [-0.39, 0.29) is 6.04 Å². The highest BCUT2D eigenvalue weighted by molar-refractivity contribution is 7.99. The summed E-state index contributed by atoms with van der Waals surface area (Å²) in [5.74, 6) is 1.78. The maximum atomic E-state index is 5.48. The maximum Gasteiger partial charge on any atom is 0.183 e. The number of aryl methyl sites for hydroxylation is 1. The smallest absolute Gasteiger partial charge is 0.183 e. The molecule has 1 aromatic carbocycles. The van der Waals surface area contributed by atoms with Gasteiger partial charge < -0.3 is 10.1 Å². The Morgan fingerprint density at radius 3 is 2.95 bits per heavy atom. The molecule has 1 heterocycles. The first kappa shape index (κ1) is 14.9. The molecule has 5 nitrogen and oxygen atoms in total. The molecular weight excluding hydrogens is 272 g/mol. The summed E-state index contributed by atoms with van der Waals surface area (Å²) in [4.78, 5) is 4.14. The summed E-state index contributed by atoms with van der Waals surface area (Å²) in [7, 11) is 1.71. The average molecular weight is 292 g/mol. The fraction of sp³-hybridized carbons (Fsp3) is 0.429. The molecule has 20 heavy (non-hydrogen) atoms. The number of thioether (sulfide) groups is 1.